The van der Waals surface area contributed by atoms with Crippen molar-refractivity contribution in [2.75, 3.05) is 13.1 Å². The van der Waals surface area contributed by atoms with Crippen molar-refractivity contribution in [3.05, 3.63) is 41.3 Å². The fraction of sp³-hybridized carbons (Fsp3) is 0.231. The van der Waals surface area contributed by atoms with Crippen LogP contribution in [0.25, 0.3) is 15.7 Å². The van der Waals surface area contributed by atoms with E-state index in [0.29, 0.717) is 0 Å². The van der Waals surface area contributed by atoms with Crippen LogP contribution in [0.1, 0.15) is 11.3 Å². The molecule has 1 nitrogen and oxygen atoms in total. The predicted molar refractivity (Wildman–Crippen MR) is 67.3 cm³/mol. The highest BCUT2D eigenvalue weighted by molar-refractivity contribution is 7.20. The highest BCUT2D eigenvalue weighted by atomic mass is 32.1. The van der Waals surface area contributed by atoms with E-state index >= 15 is 0 Å². The molecule has 2 heteroatoms. The first-order chi connectivity index (χ1) is 7.43. The molecule has 1 aliphatic heterocycles. The van der Waals surface area contributed by atoms with Gasteiger partial charge >= 0.3 is 0 Å². The van der Waals surface area contributed by atoms with Crippen LogP contribution in [-0.2, 0) is 0 Å². The summed E-state index contributed by atoms with van der Waals surface area (Å²) in [5, 5.41) is 4.72. The molecule has 0 spiro atoms. The van der Waals surface area contributed by atoms with Gasteiger partial charge in [-0.3, -0.25) is 0 Å². The summed E-state index contributed by atoms with van der Waals surface area (Å²) in [6.07, 6.45) is 3.47. The normalized spacial score (nSPS) is 16.7. The van der Waals surface area contributed by atoms with E-state index in [0.717, 1.165) is 19.5 Å². The van der Waals surface area contributed by atoms with Gasteiger partial charge in [-0.2, -0.15) is 0 Å². The average Bonchev–Trinajstić information content (AvgIpc) is 2.74. The number of nitrogens with one attached hydrogen (secondary N) is 1. The fourth-order valence-corrected chi connectivity index (χ4v) is 3.12. The highest BCUT2D eigenvalue weighted by Gasteiger charge is 2.08. The molecule has 0 aliphatic carbocycles. The molecule has 0 bridgehead atoms. The van der Waals surface area contributed by atoms with E-state index < -0.39 is 0 Å². The Bertz CT molecular complexity index is 477. The number of hydrogen-bond acceptors (Lipinski definition) is 2. The van der Waals surface area contributed by atoms with Crippen LogP contribution in [0.4, 0.5) is 0 Å². The third-order valence-corrected chi connectivity index (χ3v) is 4.00. The highest BCUT2D eigenvalue weighted by Crippen LogP contribution is 2.32. The largest absolute Gasteiger partial charge is 0.313 e. The van der Waals surface area contributed by atoms with Gasteiger partial charge in [0.15, 0.2) is 0 Å². The fourth-order valence-electron chi connectivity index (χ4n) is 1.99. The molecule has 1 N–H and O–H groups in total. The molecule has 1 aliphatic rings. The van der Waals surface area contributed by atoms with Gasteiger partial charge in [-0.05, 0) is 36.1 Å². The van der Waals surface area contributed by atoms with Crippen molar-refractivity contribution in [2.45, 2.75) is 6.42 Å². The number of benzene rings is 1. The van der Waals surface area contributed by atoms with Crippen LogP contribution in [0, 0.1) is 0 Å². The smallest absolute Gasteiger partial charge is 0.0349 e. The molecule has 2 aromatic rings. The molecule has 0 radical (unpaired) electrons. The molecule has 3 rings (SSSR count). The van der Waals surface area contributed by atoms with Crippen LogP contribution in [0.15, 0.2) is 36.4 Å². The molecule has 2 heterocycles. The second-order valence-corrected chi connectivity index (χ2v) is 4.92. The number of fused-ring (bicyclic) bond motifs is 1. The zero-order valence-corrected chi connectivity index (χ0v) is 9.31. The summed E-state index contributed by atoms with van der Waals surface area (Å²) in [6, 6.07) is 10.9. The summed E-state index contributed by atoms with van der Waals surface area (Å²) in [7, 11) is 0. The molecule has 76 valence electrons. The minimum absolute atomic E-state index is 1.02. The van der Waals surface area contributed by atoms with Gasteiger partial charge in [0, 0.05) is 16.1 Å². The average molecular weight is 215 g/mol. The molecule has 0 unspecified atom stereocenters. The van der Waals surface area contributed by atoms with Crippen molar-refractivity contribution in [1.29, 1.82) is 0 Å². The van der Waals surface area contributed by atoms with Crippen LogP contribution in [-0.4, -0.2) is 13.1 Å². The minimum Gasteiger partial charge on any atom is -0.313 e. The minimum atomic E-state index is 1.02. The standard InChI is InChI=1S/C13H13NS/c1-2-4-12-11(3-1)9-13(15-12)10-5-7-14-8-6-10/h1-5,9,14H,6-8H2. The molecule has 1 aromatic carbocycles. The van der Waals surface area contributed by atoms with Gasteiger partial charge in [0.1, 0.15) is 0 Å². The Balaban J connectivity index is 2.07. The van der Waals surface area contributed by atoms with Gasteiger partial charge in [-0.15, -0.1) is 11.3 Å². The molecule has 1 aromatic heterocycles. The Morgan fingerprint density at radius 2 is 2.13 bits per heavy atom. The van der Waals surface area contributed by atoms with Gasteiger partial charge in [0.25, 0.3) is 0 Å². The van der Waals surface area contributed by atoms with E-state index in [9.17, 15) is 0 Å². The maximum absolute atomic E-state index is 3.35. The van der Waals surface area contributed by atoms with Crippen LogP contribution < -0.4 is 5.32 Å². The quantitative estimate of drug-likeness (QED) is 0.769. The first-order valence-corrected chi connectivity index (χ1v) is 6.14. The topological polar surface area (TPSA) is 12.0 Å². The number of hydrogen-bond donors (Lipinski definition) is 1. The second-order valence-electron chi connectivity index (χ2n) is 3.83. The van der Waals surface area contributed by atoms with E-state index in [1.807, 2.05) is 11.3 Å². The predicted octanol–water partition coefficient (Wildman–Crippen LogP) is 3.28. The Labute approximate surface area is 93.4 Å². The summed E-state index contributed by atoms with van der Waals surface area (Å²) < 4.78 is 1.40. The van der Waals surface area contributed by atoms with E-state index in [-0.39, 0.29) is 0 Å². The van der Waals surface area contributed by atoms with Gasteiger partial charge in [-0.1, -0.05) is 24.3 Å². The van der Waals surface area contributed by atoms with Crippen molar-refractivity contribution in [3.8, 4) is 0 Å². The van der Waals surface area contributed by atoms with Gasteiger partial charge in [0.05, 0.1) is 0 Å². The zero-order chi connectivity index (χ0) is 10.1. The first kappa shape index (κ1) is 9.13. The van der Waals surface area contributed by atoms with Crippen LogP contribution in [0.3, 0.4) is 0 Å². The summed E-state index contributed by atoms with van der Waals surface area (Å²) >= 11 is 1.91. The lowest BCUT2D eigenvalue weighted by Gasteiger charge is -2.11. The summed E-state index contributed by atoms with van der Waals surface area (Å²) in [6.45, 7) is 2.13. The number of thiophene rings is 1. The maximum atomic E-state index is 3.35. The Morgan fingerprint density at radius 1 is 1.20 bits per heavy atom. The Kier molecular flexibility index (Phi) is 2.31. The van der Waals surface area contributed by atoms with Gasteiger partial charge in [-0.25, -0.2) is 0 Å². The lowest BCUT2D eigenvalue weighted by atomic mass is 10.1. The molecule has 0 amide bonds. The van der Waals surface area contributed by atoms with Gasteiger partial charge in [0.2, 0.25) is 0 Å². The van der Waals surface area contributed by atoms with Gasteiger partial charge < -0.3 is 5.32 Å². The molecule has 0 atom stereocenters. The lowest BCUT2D eigenvalue weighted by Crippen LogP contribution is -2.19. The van der Waals surface area contributed by atoms with Crippen LogP contribution in [0.5, 0.6) is 0 Å². The third-order valence-electron chi connectivity index (χ3n) is 2.81. The monoisotopic (exact) mass is 215 g/mol. The second kappa shape index (κ2) is 3.80. The SMILES string of the molecule is C1=C(c2cc3ccccc3s2)CCNC1. The van der Waals surface area contributed by atoms with Crippen molar-refractivity contribution < 1.29 is 0 Å². The Hall–Kier alpha value is -1.12. The van der Waals surface area contributed by atoms with Crippen molar-refractivity contribution >= 4 is 27.0 Å². The lowest BCUT2D eigenvalue weighted by molar-refractivity contribution is 0.739. The van der Waals surface area contributed by atoms with Crippen LogP contribution in [0.2, 0.25) is 0 Å². The number of rotatable bonds is 1. The van der Waals surface area contributed by atoms with Crippen LogP contribution >= 0.6 is 11.3 Å². The zero-order valence-electron chi connectivity index (χ0n) is 8.49. The first-order valence-electron chi connectivity index (χ1n) is 5.32. The third kappa shape index (κ3) is 1.71. The van der Waals surface area contributed by atoms with Crippen molar-refractivity contribution in [3.63, 3.8) is 0 Å². The van der Waals surface area contributed by atoms with E-state index in [1.165, 1.54) is 20.5 Å². The van der Waals surface area contributed by atoms with Crippen molar-refractivity contribution in [1.82, 2.24) is 5.32 Å². The van der Waals surface area contributed by atoms with Crippen molar-refractivity contribution in [2.24, 2.45) is 0 Å². The van der Waals surface area contributed by atoms with E-state index in [4.69, 9.17) is 0 Å². The molecule has 0 saturated heterocycles. The molecular weight excluding hydrogens is 202 g/mol. The summed E-state index contributed by atoms with van der Waals surface area (Å²) in [4.78, 5) is 1.44. The van der Waals surface area contributed by atoms with E-state index in [2.05, 4.69) is 41.7 Å². The Morgan fingerprint density at radius 3 is 2.93 bits per heavy atom. The van der Waals surface area contributed by atoms with E-state index in [1.54, 1.807) is 0 Å². The maximum Gasteiger partial charge on any atom is 0.0349 e. The molecule has 15 heavy (non-hydrogen) atoms. The molecular formula is C13H13NS. The summed E-state index contributed by atoms with van der Waals surface area (Å²) in [5.41, 5.74) is 1.51. The molecule has 0 fully saturated rings. The summed E-state index contributed by atoms with van der Waals surface area (Å²) in [5.74, 6) is 0. The molecule has 0 saturated carbocycles.